The van der Waals surface area contributed by atoms with Crippen LogP contribution in [0.3, 0.4) is 0 Å². The lowest BCUT2D eigenvalue weighted by Gasteiger charge is -2.40. The van der Waals surface area contributed by atoms with Gasteiger partial charge in [-0.3, -0.25) is 10.4 Å². The van der Waals surface area contributed by atoms with E-state index < -0.39 is 22.9 Å². The summed E-state index contributed by atoms with van der Waals surface area (Å²) in [5, 5.41) is 40.9. The van der Waals surface area contributed by atoms with Gasteiger partial charge in [0.05, 0.1) is 25.3 Å². The summed E-state index contributed by atoms with van der Waals surface area (Å²) in [5.41, 5.74) is -1.93. The molecule has 0 amide bonds. The number of benzene rings is 2. The summed E-state index contributed by atoms with van der Waals surface area (Å²) in [6.45, 7) is 0. The van der Waals surface area contributed by atoms with Gasteiger partial charge in [-0.2, -0.15) is 0 Å². The van der Waals surface area contributed by atoms with Gasteiger partial charge >= 0.3 is 11.9 Å². The molecule has 0 spiro atoms. The van der Waals surface area contributed by atoms with Crippen molar-refractivity contribution in [3.63, 3.8) is 0 Å². The number of nitrogens with zero attached hydrogens (tertiary/aromatic N) is 2. The van der Waals surface area contributed by atoms with Crippen LogP contribution in [0.5, 0.6) is 0 Å². The molecule has 0 bridgehead atoms. The van der Waals surface area contributed by atoms with Crippen molar-refractivity contribution in [2.75, 3.05) is 24.7 Å². The summed E-state index contributed by atoms with van der Waals surface area (Å²) in [4.78, 5) is 24.2. The zero-order valence-corrected chi connectivity index (χ0v) is 13.7. The first-order valence-corrected chi connectivity index (χ1v) is 7.08. The van der Waals surface area contributed by atoms with Crippen LogP contribution in [0.1, 0.15) is 20.7 Å². The molecule has 0 aliphatic carbocycles. The van der Waals surface area contributed by atoms with Crippen LogP contribution in [0.25, 0.3) is 11.1 Å². The second-order valence-corrected chi connectivity index (χ2v) is 4.93. The Bertz CT molecular complexity index is 765. The molecular formula is C16H14N2O8-2. The van der Waals surface area contributed by atoms with E-state index in [0.29, 0.717) is 0 Å². The van der Waals surface area contributed by atoms with Crippen LogP contribution in [0.15, 0.2) is 36.4 Å². The lowest BCUT2D eigenvalue weighted by atomic mass is 9.92. The van der Waals surface area contributed by atoms with Gasteiger partial charge in [0.1, 0.15) is 5.69 Å². The third-order valence-corrected chi connectivity index (χ3v) is 3.56. The van der Waals surface area contributed by atoms with E-state index in [4.69, 9.17) is 0 Å². The minimum Gasteiger partial charge on any atom is -0.769 e. The van der Waals surface area contributed by atoms with Gasteiger partial charge in [-0.25, -0.2) is 9.59 Å². The first-order chi connectivity index (χ1) is 12.3. The van der Waals surface area contributed by atoms with E-state index in [1.54, 1.807) is 0 Å². The van der Waals surface area contributed by atoms with Crippen molar-refractivity contribution in [1.29, 1.82) is 0 Å². The highest BCUT2D eigenvalue weighted by Gasteiger charge is 2.26. The normalized spacial score (nSPS) is 10.2. The van der Waals surface area contributed by atoms with Crippen molar-refractivity contribution < 1.29 is 29.5 Å². The topological polar surface area (TPSA) is 146 Å². The molecule has 2 N–H and O–H groups in total. The number of hydrogen-bond donors (Lipinski definition) is 2. The fraction of sp³-hybridized carbons (Fsp3) is 0.125. The van der Waals surface area contributed by atoms with Crippen LogP contribution >= 0.6 is 0 Å². The van der Waals surface area contributed by atoms with Crippen molar-refractivity contribution in [3.05, 3.63) is 57.9 Å². The monoisotopic (exact) mass is 362 g/mol. The van der Waals surface area contributed by atoms with Gasteiger partial charge in [0, 0.05) is 16.8 Å². The highest BCUT2D eigenvalue weighted by molar-refractivity contribution is 6.09. The molecule has 0 fully saturated rings. The Morgan fingerprint density at radius 3 is 1.65 bits per heavy atom. The quantitative estimate of drug-likeness (QED) is 0.600. The van der Waals surface area contributed by atoms with Gasteiger partial charge in [-0.05, 0) is 24.3 Å². The Kier molecular flexibility index (Phi) is 5.75. The molecule has 0 saturated heterocycles. The van der Waals surface area contributed by atoms with E-state index in [-0.39, 0.29) is 33.2 Å². The van der Waals surface area contributed by atoms with Gasteiger partial charge in [-0.15, -0.1) is 5.23 Å². The molecule has 26 heavy (non-hydrogen) atoms. The molecule has 0 radical (unpaired) electrons. The van der Waals surface area contributed by atoms with Crippen LogP contribution in [0.4, 0.5) is 11.4 Å². The number of ether oxygens (including phenoxy) is 2. The van der Waals surface area contributed by atoms with Crippen molar-refractivity contribution in [2.45, 2.75) is 0 Å². The minimum absolute atomic E-state index is 0.211. The zero-order chi connectivity index (χ0) is 19.4. The third kappa shape index (κ3) is 3.43. The summed E-state index contributed by atoms with van der Waals surface area (Å²) in [6.07, 6.45) is 0. The maximum atomic E-state index is 12.1. The average molecular weight is 362 g/mol. The smallest absolute Gasteiger partial charge is 0.338 e. The number of carbonyl (C=O) groups excluding carboxylic acids is 2. The maximum absolute atomic E-state index is 12.1. The van der Waals surface area contributed by atoms with E-state index in [2.05, 4.69) is 9.47 Å². The third-order valence-electron chi connectivity index (χ3n) is 3.56. The van der Waals surface area contributed by atoms with Gasteiger partial charge in [-0.1, -0.05) is 12.1 Å². The summed E-state index contributed by atoms with van der Waals surface area (Å²) in [5.74, 6) is -1.80. The lowest BCUT2D eigenvalue weighted by Crippen LogP contribution is -2.17. The van der Waals surface area contributed by atoms with Crippen LogP contribution in [-0.2, 0) is 9.47 Å². The van der Waals surface area contributed by atoms with Gasteiger partial charge < -0.3 is 25.1 Å². The molecule has 0 unspecified atom stereocenters. The maximum Gasteiger partial charge on any atom is 0.338 e. The largest absolute Gasteiger partial charge is 0.769 e. The molecule has 2 rings (SSSR count). The van der Waals surface area contributed by atoms with Crippen LogP contribution in [-0.4, -0.2) is 36.6 Å². The number of esters is 2. The van der Waals surface area contributed by atoms with Gasteiger partial charge in [0.15, 0.2) is 0 Å². The van der Waals surface area contributed by atoms with Crippen molar-refractivity contribution in [1.82, 2.24) is 0 Å². The average Bonchev–Trinajstić information content (AvgIpc) is 2.65. The number of carbonyl (C=O) groups is 2. The van der Waals surface area contributed by atoms with E-state index in [0.717, 1.165) is 20.3 Å². The summed E-state index contributed by atoms with van der Waals surface area (Å²) in [6, 6.07) is 7.41. The molecule has 0 aliphatic rings. The number of methoxy groups -OCH3 is 2. The summed E-state index contributed by atoms with van der Waals surface area (Å²) >= 11 is 0. The fourth-order valence-electron chi connectivity index (χ4n) is 2.48. The molecule has 0 saturated carbocycles. The van der Waals surface area contributed by atoms with Crippen molar-refractivity contribution >= 4 is 23.3 Å². The number of hydrogen-bond acceptors (Lipinski definition) is 10. The number of rotatable bonds is 5. The Hall–Kier alpha value is -3.18. The molecule has 10 nitrogen and oxygen atoms in total. The second kappa shape index (κ2) is 7.80. The lowest BCUT2D eigenvalue weighted by molar-refractivity contribution is 0.0294. The van der Waals surface area contributed by atoms with Crippen LogP contribution < -0.4 is 10.5 Å². The predicted octanol–water partition coefficient (Wildman–Crippen LogP) is 2.31. The second-order valence-electron chi connectivity index (χ2n) is 4.93. The van der Waals surface area contributed by atoms with E-state index in [1.807, 2.05) is 0 Å². The standard InChI is InChI=1S/C16H14N2O8/c1-25-15(19)9-5-3-7-11(17(21)22)13(9)14-10(16(20)26-2)6-4-8-12(14)18(23)24/h3-8,21-22H,1-2H3/q-2. The molecule has 0 heterocycles. The predicted molar refractivity (Wildman–Crippen MR) is 89.8 cm³/mol. The Morgan fingerprint density at radius 2 is 1.27 bits per heavy atom. The van der Waals surface area contributed by atoms with E-state index >= 15 is 0 Å². The first-order valence-electron chi connectivity index (χ1n) is 7.08. The Labute approximate surface area is 147 Å². The van der Waals surface area contributed by atoms with Crippen molar-refractivity contribution in [2.24, 2.45) is 0 Å². The van der Waals surface area contributed by atoms with Crippen molar-refractivity contribution in [3.8, 4) is 11.1 Å². The molecule has 10 heteroatoms. The first kappa shape index (κ1) is 19.1. The molecule has 0 aromatic heterocycles. The molecular weight excluding hydrogens is 348 g/mol. The molecule has 0 atom stereocenters. The minimum atomic E-state index is -0.906. The summed E-state index contributed by atoms with van der Waals surface area (Å²) < 4.78 is 9.30. The molecule has 0 aliphatic heterocycles. The summed E-state index contributed by atoms with van der Waals surface area (Å²) in [7, 11) is 2.18. The van der Waals surface area contributed by atoms with E-state index in [9.17, 15) is 30.4 Å². The van der Waals surface area contributed by atoms with E-state index in [1.165, 1.54) is 30.3 Å². The Balaban J connectivity index is 2.99. The zero-order valence-electron chi connectivity index (χ0n) is 13.7. The molecule has 138 valence electrons. The highest BCUT2D eigenvalue weighted by Crippen LogP contribution is 2.41. The molecule has 2 aromatic carbocycles. The Morgan fingerprint density at radius 1 is 0.846 bits per heavy atom. The fourth-order valence-corrected chi connectivity index (χ4v) is 2.48. The molecule has 2 aromatic rings. The van der Waals surface area contributed by atoms with Crippen LogP contribution in [0.2, 0.25) is 0 Å². The van der Waals surface area contributed by atoms with Gasteiger partial charge in [0.2, 0.25) is 0 Å². The highest BCUT2D eigenvalue weighted by atomic mass is 16.8. The SMILES string of the molecule is COC(=O)c1cccc(N([O-])[O-])c1-c1c(C(=O)OC)cccc1N(O)O. The van der Waals surface area contributed by atoms with Crippen LogP contribution in [0, 0.1) is 10.4 Å². The van der Waals surface area contributed by atoms with Gasteiger partial charge in [0.25, 0.3) is 0 Å². The number of anilines is 2.